The predicted molar refractivity (Wildman–Crippen MR) is 112 cm³/mol. The molecule has 2 aromatic rings. The van der Waals surface area contributed by atoms with Gasteiger partial charge in [0.1, 0.15) is 17.7 Å². The molecule has 0 aliphatic carbocycles. The van der Waals surface area contributed by atoms with Crippen molar-refractivity contribution in [1.29, 1.82) is 0 Å². The van der Waals surface area contributed by atoms with Gasteiger partial charge in [0.15, 0.2) is 14.1 Å². The summed E-state index contributed by atoms with van der Waals surface area (Å²) in [5, 5.41) is 3.20. The fourth-order valence-corrected chi connectivity index (χ4v) is 4.18. The molecule has 7 heteroatoms. The van der Waals surface area contributed by atoms with Crippen molar-refractivity contribution >= 4 is 31.5 Å². The Morgan fingerprint density at radius 2 is 1.89 bits per heavy atom. The van der Waals surface area contributed by atoms with Crippen LogP contribution in [0.4, 0.5) is 10.1 Å². The number of anilines is 1. The van der Waals surface area contributed by atoms with Crippen molar-refractivity contribution in [1.82, 2.24) is 0 Å². The van der Waals surface area contributed by atoms with Crippen molar-refractivity contribution in [2.75, 3.05) is 5.32 Å². The molecule has 1 unspecified atom stereocenters. The Morgan fingerprint density at radius 3 is 2.57 bits per heavy atom. The minimum Gasteiger partial charge on any atom is -0.453 e. The highest BCUT2D eigenvalue weighted by Crippen LogP contribution is 2.41. The highest BCUT2D eigenvalue weighted by molar-refractivity contribution is 6.74. The first kappa shape index (κ1) is 20.8. The van der Waals surface area contributed by atoms with Crippen molar-refractivity contribution in [2.24, 2.45) is 0 Å². The van der Waals surface area contributed by atoms with Gasteiger partial charge < -0.3 is 14.5 Å². The van der Waals surface area contributed by atoms with Gasteiger partial charge in [-0.3, -0.25) is 4.79 Å². The highest BCUT2D eigenvalue weighted by atomic mass is 35.5. The number of para-hydroxylation sites is 1. The van der Waals surface area contributed by atoms with Crippen LogP contribution in [0.2, 0.25) is 23.2 Å². The Kier molecular flexibility index (Phi) is 5.58. The van der Waals surface area contributed by atoms with Crippen molar-refractivity contribution in [3.63, 3.8) is 0 Å². The van der Waals surface area contributed by atoms with Gasteiger partial charge in [0.25, 0.3) is 5.91 Å². The number of hydrogen-bond donors (Lipinski definition) is 1. The predicted octanol–water partition coefficient (Wildman–Crippen LogP) is 6.16. The van der Waals surface area contributed by atoms with E-state index in [0.717, 1.165) is 5.56 Å². The summed E-state index contributed by atoms with van der Waals surface area (Å²) in [6.45, 7) is 10.7. The van der Waals surface area contributed by atoms with E-state index in [2.05, 4.69) is 39.2 Å². The number of benzene rings is 2. The molecule has 1 aliphatic heterocycles. The molecular formula is C21H25ClFNO3Si. The topological polar surface area (TPSA) is 47.6 Å². The van der Waals surface area contributed by atoms with Crippen LogP contribution in [0, 0.1) is 5.82 Å². The van der Waals surface area contributed by atoms with Gasteiger partial charge in [-0.1, -0.05) is 44.5 Å². The molecule has 0 radical (unpaired) electrons. The Balaban J connectivity index is 1.87. The molecule has 0 spiro atoms. The molecule has 1 N–H and O–H groups in total. The standard InChI is InChI=1S/C21H25ClFNO3Si/c1-21(2,3)28(4,5)27-18-11-13-7-6-8-16(19(13)24-20(18)25)26-17-12-14(23)9-10-15(17)22/h6-10,12,18H,11H2,1-5H3,(H,24,25). The summed E-state index contributed by atoms with van der Waals surface area (Å²) in [5.74, 6) is -0.0251. The first-order chi connectivity index (χ1) is 13.0. The highest BCUT2D eigenvalue weighted by Gasteiger charge is 2.42. The lowest BCUT2D eigenvalue weighted by atomic mass is 10.0. The Morgan fingerprint density at radius 1 is 1.18 bits per heavy atom. The summed E-state index contributed by atoms with van der Waals surface area (Å²) in [7, 11) is -2.09. The molecule has 0 aromatic heterocycles. The van der Waals surface area contributed by atoms with Crippen LogP contribution in [0.5, 0.6) is 11.5 Å². The number of carbonyl (C=O) groups is 1. The van der Waals surface area contributed by atoms with E-state index in [9.17, 15) is 9.18 Å². The molecule has 0 saturated carbocycles. The second-order valence-corrected chi connectivity index (χ2v) is 13.7. The van der Waals surface area contributed by atoms with E-state index < -0.39 is 20.2 Å². The van der Waals surface area contributed by atoms with Gasteiger partial charge in [-0.25, -0.2) is 4.39 Å². The molecule has 4 nitrogen and oxygen atoms in total. The molecule has 0 saturated heterocycles. The second-order valence-electron chi connectivity index (χ2n) is 8.53. The quantitative estimate of drug-likeness (QED) is 0.601. The Hall–Kier alpha value is -1.89. The molecule has 150 valence electrons. The van der Waals surface area contributed by atoms with E-state index in [1.165, 1.54) is 18.2 Å². The molecule has 0 fully saturated rings. The van der Waals surface area contributed by atoms with Crippen LogP contribution in [0.3, 0.4) is 0 Å². The van der Waals surface area contributed by atoms with Crippen molar-refractivity contribution in [3.8, 4) is 11.5 Å². The summed E-state index contributed by atoms with van der Waals surface area (Å²) < 4.78 is 25.7. The second kappa shape index (κ2) is 7.50. The smallest absolute Gasteiger partial charge is 0.252 e. The zero-order chi connectivity index (χ0) is 20.7. The van der Waals surface area contributed by atoms with Crippen molar-refractivity contribution in [2.45, 2.75) is 51.4 Å². The SMILES string of the molecule is CC(C)(C)[Si](C)(C)OC1Cc2cccc(Oc3cc(F)ccc3Cl)c2NC1=O. The normalized spacial score (nSPS) is 17.1. The van der Waals surface area contributed by atoms with Crippen LogP contribution in [-0.4, -0.2) is 20.3 Å². The van der Waals surface area contributed by atoms with Gasteiger partial charge in [0, 0.05) is 12.5 Å². The summed E-state index contributed by atoms with van der Waals surface area (Å²) in [4.78, 5) is 12.7. The lowest BCUT2D eigenvalue weighted by molar-refractivity contribution is -0.123. The van der Waals surface area contributed by atoms with Gasteiger partial charge in [-0.2, -0.15) is 0 Å². The third-order valence-corrected chi connectivity index (χ3v) is 10.2. The van der Waals surface area contributed by atoms with Crippen LogP contribution >= 0.6 is 11.6 Å². The van der Waals surface area contributed by atoms with Crippen molar-refractivity contribution in [3.05, 3.63) is 52.8 Å². The number of hydrogen-bond acceptors (Lipinski definition) is 3. The van der Waals surface area contributed by atoms with Gasteiger partial charge >= 0.3 is 0 Å². The van der Waals surface area contributed by atoms with Gasteiger partial charge in [0.2, 0.25) is 0 Å². The van der Waals surface area contributed by atoms with E-state index in [0.29, 0.717) is 22.9 Å². The third-order valence-electron chi connectivity index (χ3n) is 5.41. The van der Waals surface area contributed by atoms with Gasteiger partial charge in [-0.15, -0.1) is 0 Å². The largest absolute Gasteiger partial charge is 0.453 e. The van der Waals surface area contributed by atoms with E-state index in [1.807, 2.05) is 12.1 Å². The molecule has 1 heterocycles. The third kappa shape index (κ3) is 4.24. The molecule has 1 aliphatic rings. The average Bonchev–Trinajstić information content (AvgIpc) is 2.58. The lowest BCUT2D eigenvalue weighted by Crippen LogP contribution is -2.49. The summed E-state index contributed by atoms with van der Waals surface area (Å²) in [6, 6.07) is 9.40. The first-order valence-electron chi connectivity index (χ1n) is 9.21. The van der Waals surface area contributed by atoms with Gasteiger partial charge in [-0.05, 0) is 41.9 Å². The molecule has 1 atom stereocenters. The average molecular weight is 422 g/mol. The number of ether oxygens (including phenoxy) is 1. The Bertz CT molecular complexity index is 911. The van der Waals surface area contributed by atoms with Crippen LogP contribution in [0.15, 0.2) is 36.4 Å². The first-order valence-corrected chi connectivity index (χ1v) is 12.5. The maximum absolute atomic E-state index is 13.5. The van der Waals surface area contributed by atoms with Gasteiger partial charge in [0.05, 0.1) is 10.7 Å². The van der Waals surface area contributed by atoms with Crippen LogP contribution in [-0.2, 0) is 15.6 Å². The number of nitrogens with one attached hydrogen (secondary N) is 1. The minimum atomic E-state index is -2.09. The van der Waals surface area contributed by atoms with Crippen LogP contribution < -0.4 is 10.1 Å². The molecule has 2 aromatic carbocycles. The maximum Gasteiger partial charge on any atom is 0.252 e. The number of carbonyl (C=O) groups excluding carboxylic acids is 1. The van der Waals surface area contributed by atoms with Crippen LogP contribution in [0.1, 0.15) is 26.3 Å². The molecule has 28 heavy (non-hydrogen) atoms. The lowest BCUT2D eigenvalue weighted by Gasteiger charge is -2.40. The zero-order valence-electron chi connectivity index (χ0n) is 16.7. The number of halogens is 2. The molecular weight excluding hydrogens is 397 g/mol. The monoisotopic (exact) mass is 421 g/mol. The molecule has 3 rings (SSSR count). The van der Waals surface area contributed by atoms with E-state index in [1.54, 1.807) is 6.07 Å². The zero-order valence-corrected chi connectivity index (χ0v) is 18.5. The number of amides is 1. The van der Waals surface area contributed by atoms with E-state index in [-0.39, 0.29) is 16.7 Å². The number of rotatable bonds is 4. The minimum absolute atomic E-state index is 0.00660. The summed E-state index contributed by atoms with van der Waals surface area (Å²) >= 11 is 6.10. The Labute approximate surface area is 171 Å². The summed E-state index contributed by atoms with van der Waals surface area (Å²) in [6.07, 6.45) is -0.0803. The van der Waals surface area contributed by atoms with E-state index >= 15 is 0 Å². The maximum atomic E-state index is 13.5. The van der Waals surface area contributed by atoms with E-state index in [4.69, 9.17) is 20.8 Å². The summed E-state index contributed by atoms with van der Waals surface area (Å²) in [5.41, 5.74) is 1.48. The molecule has 1 amide bonds. The fourth-order valence-electron chi connectivity index (χ4n) is 2.77. The fraction of sp³-hybridized carbons (Fsp3) is 0.381. The van der Waals surface area contributed by atoms with Crippen LogP contribution in [0.25, 0.3) is 0 Å². The molecule has 0 bridgehead atoms. The number of fused-ring (bicyclic) bond motifs is 1. The van der Waals surface area contributed by atoms with Crippen molar-refractivity contribution < 1.29 is 18.3 Å².